The Morgan fingerprint density at radius 3 is 2.38 bits per heavy atom. The summed E-state index contributed by atoms with van der Waals surface area (Å²) in [6.07, 6.45) is 0. The number of hydrogen-bond donors (Lipinski definition) is 1. The minimum absolute atomic E-state index is 0.112. The van der Waals surface area contributed by atoms with Crippen LogP contribution in [-0.2, 0) is 4.79 Å². The quantitative estimate of drug-likeness (QED) is 0.370. The molecular formula is C25H24N4O2S. The Labute approximate surface area is 191 Å². The highest BCUT2D eigenvalue weighted by Gasteiger charge is 2.17. The molecular weight excluding hydrogens is 420 g/mol. The highest BCUT2D eigenvalue weighted by atomic mass is 32.2. The van der Waals surface area contributed by atoms with Crippen molar-refractivity contribution in [1.29, 1.82) is 0 Å². The second kappa shape index (κ2) is 10.2. The van der Waals surface area contributed by atoms with Crippen LogP contribution in [0, 0.1) is 6.92 Å². The van der Waals surface area contributed by atoms with E-state index in [0.717, 1.165) is 28.5 Å². The predicted octanol–water partition coefficient (Wildman–Crippen LogP) is 5.37. The molecule has 0 radical (unpaired) electrons. The number of aryl methyl sites for hydroxylation is 1. The van der Waals surface area contributed by atoms with Crippen LogP contribution in [0.5, 0.6) is 5.75 Å². The summed E-state index contributed by atoms with van der Waals surface area (Å²) in [6, 6.07) is 25.4. The molecule has 1 amide bonds. The van der Waals surface area contributed by atoms with Crippen LogP contribution in [0.4, 0.5) is 5.69 Å². The molecule has 0 fully saturated rings. The average Bonchev–Trinajstić information content (AvgIpc) is 3.24. The summed E-state index contributed by atoms with van der Waals surface area (Å²) in [5.74, 6) is 1.62. The lowest BCUT2D eigenvalue weighted by Crippen LogP contribution is -2.14. The topological polar surface area (TPSA) is 69.0 Å². The smallest absolute Gasteiger partial charge is 0.234 e. The van der Waals surface area contributed by atoms with Crippen molar-refractivity contribution >= 4 is 23.4 Å². The van der Waals surface area contributed by atoms with Crippen LogP contribution in [0.2, 0.25) is 0 Å². The first-order valence-electron chi connectivity index (χ1n) is 10.4. The zero-order chi connectivity index (χ0) is 22.3. The Morgan fingerprint density at radius 2 is 1.69 bits per heavy atom. The van der Waals surface area contributed by atoms with Crippen molar-refractivity contribution in [2.24, 2.45) is 0 Å². The highest BCUT2D eigenvalue weighted by molar-refractivity contribution is 7.99. The molecule has 3 aromatic carbocycles. The molecule has 0 atom stereocenters. The van der Waals surface area contributed by atoms with Crippen molar-refractivity contribution in [2.75, 3.05) is 17.7 Å². The maximum atomic E-state index is 12.5. The minimum Gasteiger partial charge on any atom is -0.494 e. The molecule has 32 heavy (non-hydrogen) atoms. The number of carbonyl (C=O) groups excluding carboxylic acids is 1. The fourth-order valence-electron chi connectivity index (χ4n) is 3.19. The summed E-state index contributed by atoms with van der Waals surface area (Å²) in [5, 5.41) is 12.4. The second-order valence-electron chi connectivity index (χ2n) is 7.14. The summed E-state index contributed by atoms with van der Waals surface area (Å²) >= 11 is 1.35. The van der Waals surface area contributed by atoms with Gasteiger partial charge in [-0.2, -0.15) is 0 Å². The van der Waals surface area contributed by atoms with E-state index in [-0.39, 0.29) is 11.7 Å². The van der Waals surface area contributed by atoms with Gasteiger partial charge in [-0.05, 0) is 50.2 Å². The number of amides is 1. The summed E-state index contributed by atoms with van der Waals surface area (Å²) in [5.41, 5.74) is 3.82. The monoisotopic (exact) mass is 444 g/mol. The number of aromatic nitrogens is 3. The molecule has 0 spiro atoms. The van der Waals surface area contributed by atoms with Crippen molar-refractivity contribution in [3.05, 3.63) is 84.4 Å². The molecule has 7 heteroatoms. The van der Waals surface area contributed by atoms with Gasteiger partial charge in [0.2, 0.25) is 5.91 Å². The van der Waals surface area contributed by atoms with Gasteiger partial charge >= 0.3 is 0 Å². The van der Waals surface area contributed by atoms with E-state index in [2.05, 4.69) is 34.6 Å². The van der Waals surface area contributed by atoms with Crippen LogP contribution in [-0.4, -0.2) is 33.0 Å². The number of benzene rings is 3. The van der Waals surface area contributed by atoms with Crippen molar-refractivity contribution in [3.8, 4) is 22.8 Å². The lowest BCUT2D eigenvalue weighted by Gasteiger charge is -2.11. The van der Waals surface area contributed by atoms with Crippen LogP contribution in [0.25, 0.3) is 17.1 Å². The van der Waals surface area contributed by atoms with E-state index < -0.39 is 0 Å². The van der Waals surface area contributed by atoms with Gasteiger partial charge in [-0.3, -0.25) is 9.36 Å². The molecule has 4 aromatic rings. The lowest BCUT2D eigenvalue weighted by atomic mass is 10.1. The molecule has 0 saturated heterocycles. The summed E-state index contributed by atoms with van der Waals surface area (Å²) in [7, 11) is 0. The standard InChI is InChI=1S/C25H24N4O2S/c1-3-31-22-15-13-20(14-16-22)26-23(30)17-32-25-28-27-24(19-11-9-18(2)10-12-19)29(25)21-7-5-4-6-8-21/h4-16H,3,17H2,1-2H3,(H,26,30). The maximum Gasteiger partial charge on any atom is 0.234 e. The molecule has 4 rings (SSSR count). The summed E-state index contributed by atoms with van der Waals surface area (Å²) in [4.78, 5) is 12.5. The Balaban J connectivity index is 1.52. The number of hydrogen-bond acceptors (Lipinski definition) is 5. The number of nitrogens with zero attached hydrogens (tertiary/aromatic N) is 3. The van der Waals surface area contributed by atoms with Crippen molar-refractivity contribution in [1.82, 2.24) is 14.8 Å². The number of thioether (sulfide) groups is 1. The van der Waals surface area contributed by atoms with Crippen LogP contribution in [0.1, 0.15) is 12.5 Å². The zero-order valence-electron chi connectivity index (χ0n) is 18.0. The molecule has 1 N–H and O–H groups in total. The predicted molar refractivity (Wildman–Crippen MR) is 128 cm³/mol. The Morgan fingerprint density at radius 1 is 0.969 bits per heavy atom. The third-order valence-corrected chi connectivity index (χ3v) is 5.67. The van der Waals surface area contributed by atoms with E-state index >= 15 is 0 Å². The van der Waals surface area contributed by atoms with Crippen molar-refractivity contribution in [3.63, 3.8) is 0 Å². The molecule has 0 unspecified atom stereocenters. The van der Waals surface area contributed by atoms with Crippen molar-refractivity contribution in [2.45, 2.75) is 19.0 Å². The first-order valence-corrected chi connectivity index (χ1v) is 11.4. The number of anilines is 1. The van der Waals surface area contributed by atoms with E-state index in [0.29, 0.717) is 11.8 Å². The molecule has 0 aliphatic heterocycles. The zero-order valence-corrected chi connectivity index (χ0v) is 18.8. The lowest BCUT2D eigenvalue weighted by molar-refractivity contribution is -0.113. The van der Waals surface area contributed by atoms with Crippen LogP contribution >= 0.6 is 11.8 Å². The molecule has 6 nitrogen and oxygen atoms in total. The SMILES string of the molecule is CCOc1ccc(NC(=O)CSc2nnc(-c3ccc(C)cc3)n2-c2ccccc2)cc1. The number of para-hydroxylation sites is 1. The van der Waals surface area contributed by atoms with E-state index in [1.807, 2.05) is 78.2 Å². The van der Waals surface area contributed by atoms with Gasteiger partial charge in [0.05, 0.1) is 12.4 Å². The van der Waals surface area contributed by atoms with Crippen LogP contribution in [0.3, 0.4) is 0 Å². The van der Waals surface area contributed by atoms with E-state index in [1.165, 1.54) is 17.3 Å². The molecule has 1 aromatic heterocycles. The van der Waals surface area contributed by atoms with Gasteiger partial charge in [-0.1, -0.05) is 59.8 Å². The first-order chi connectivity index (χ1) is 15.6. The number of ether oxygens (including phenoxy) is 1. The highest BCUT2D eigenvalue weighted by Crippen LogP contribution is 2.28. The maximum absolute atomic E-state index is 12.5. The fourth-order valence-corrected chi connectivity index (χ4v) is 3.94. The Bertz CT molecular complexity index is 1170. The first kappa shape index (κ1) is 21.6. The molecule has 1 heterocycles. The van der Waals surface area contributed by atoms with E-state index in [1.54, 1.807) is 0 Å². The molecule has 0 aliphatic carbocycles. The molecule has 0 bridgehead atoms. The van der Waals surface area contributed by atoms with Gasteiger partial charge < -0.3 is 10.1 Å². The average molecular weight is 445 g/mol. The second-order valence-corrected chi connectivity index (χ2v) is 8.08. The fraction of sp³-hybridized carbons (Fsp3) is 0.160. The van der Waals surface area contributed by atoms with Gasteiger partial charge in [-0.15, -0.1) is 10.2 Å². The number of nitrogens with one attached hydrogen (secondary N) is 1. The molecule has 162 valence electrons. The van der Waals surface area contributed by atoms with Gasteiger partial charge in [-0.25, -0.2) is 0 Å². The van der Waals surface area contributed by atoms with Gasteiger partial charge in [0.25, 0.3) is 0 Å². The van der Waals surface area contributed by atoms with Gasteiger partial charge in [0.1, 0.15) is 5.75 Å². The van der Waals surface area contributed by atoms with Crippen LogP contribution < -0.4 is 10.1 Å². The molecule has 0 aliphatic rings. The normalized spacial score (nSPS) is 10.7. The summed E-state index contributed by atoms with van der Waals surface area (Å²) in [6.45, 7) is 4.59. The largest absolute Gasteiger partial charge is 0.494 e. The van der Waals surface area contributed by atoms with Gasteiger partial charge in [0.15, 0.2) is 11.0 Å². The summed E-state index contributed by atoms with van der Waals surface area (Å²) < 4.78 is 7.42. The molecule has 0 saturated carbocycles. The van der Waals surface area contributed by atoms with Crippen LogP contribution in [0.15, 0.2) is 84.0 Å². The third-order valence-electron chi connectivity index (χ3n) is 4.74. The van der Waals surface area contributed by atoms with Gasteiger partial charge in [0, 0.05) is 16.9 Å². The number of carbonyl (C=O) groups is 1. The third kappa shape index (κ3) is 5.18. The van der Waals surface area contributed by atoms with E-state index in [4.69, 9.17) is 4.74 Å². The number of rotatable bonds is 8. The van der Waals surface area contributed by atoms with E-state index in [9.17, 15) is 4.79 Å². The minimum atomic E-state index is -0.112. The Kier molecular flexibility index (Phi) is 6.87. The Hall–Kier alpha value is -3.58. The van der Waals surface area contributed by atoms with Crippen molar-refractivity contribution < 1.29 is 9.53 Å².